The van der Waals surface area contributed by atoms with Crippen molar-refractivity contribution in [3.8, 4) is 5.75 Å². The molecule has 2 heterocycles. The summed E-state index contributed by atoms with van der Waals surface area (Å²) in [5.41, 5.74) is 1.81. The van der Waals surface area contributed by atoms with E-state index in [1.165, 1.54) is 0 Å². The van der Waals surface area contributed by atoms with Gasteiger partial charge in [-0.3, -0.25) is 9.59 Å². The van der Waals surface area contributed by atoms with Crippen LogP contribution in [0.3, 0.4) is 0 Å². The van der Waals surface area contributed by atoms with Crippen molar-refractivity contribution >= 4 is 22.4 Å². The fourth-order valence-electron chi connectivity index (χ4n) is 3.39. The third kappa shape index (κ3) is 2.46. The minimum absolute atomic E-state index is 0.238. The number of nitrogens with zero attached hydrogens (tertiary/aromatic N) is 2. The van der Waals surface area contributed by atoms with Crippen molar-refractivity contribution in [3.63, 3.8) is 0 Å². The van der Waals surface area contributed by atoms with E-state index in [9.17, 15) is 9.59 Å². The molecule has 6 heteroatoms. The van der Waals surface area contributed by atoms with Crippen LogP contribution in [0.4, 0.5) is 5.69 Å². The van der Waals surface area contributed by atoms with Crippen molar-refractivity contribution in [2.45, 2.75) is 12.8 Å². The predicted octanol–water partition coefficient (Wildman–Crippen LogP) is 2.52. The molecule has 4 rings (SSSR count). The maximum Gasteiger partial charge on any atom is 0.279 e. The number of para-hydroxylation sites is 1. The molecule has 0 spiro atoms. The van der Waals surface area contributed by atoms with Crippen LogP contribution in [0.2, 0.25) is 0 Å². The largest absolute Gasteiger partial charge is 0.495 e. The molecule has 0 unspecified atom stereocenters. The summed E-state index contributed by atoms with van der Waals surface area (Å²) >= 11 is 0. The highest BCUT2D eigenvalue weighted by molar-refractivity contribution is 6.13. The number of nitrogens with one attached hydrogen (secondary N) is 1. The van der Waals surface area contributed by atoms with Crippen LogP contribution in [0.1, 0.15) is 22.5 Å². The standard InChI is InChI=1S/C19H17N3O3/c1-25-15-10-4-6-12-7-5-11-22(17(12)15)19(24)16-13-8-2-3-9-14(13)18(23)21-20-16/h2-4,6,8-10H,5,7,11H2,1H3,(H,21,23). The third-order valence-corrected chi connectivity index (χ3v) is 4.54. The first-order valence-corrected chi connectivity index (χ1v) is 8.16. The second-order valence-corrected chi connectivity index (χ2v) is 5.98. The number of aryl methyl sites for hydroxylation is 1. The number of anilines is 1. The minimum atomic E-state index is -0.302. The molecule has 126 valence electrons. The highest BCUT2D eigenvalue weighted by Crippen LogP contribution is 2.37. The Balaban J connectivity index is 1.87. The molecule has 3 aromatic rings. The molecule has 0 fully saturated rings. The van der Waals surface area contributed by atoms with E-state index < -0.39 is 0 Å². The van der Waals surface area contributed by atoms with Crippen LogP contribution in [0.25, 0.3) is 10.8 Å². The summed E-state index contributed by atoms with van der Waals surface area (Å²) in [6, 6.07) is 12.8. The zero-order valence-electron chi connectivity index (χ0n) is 13.8. The van der Waals surface area contributed by atoms with Gasteiger partial charge in [-0.25, -0.2) is 5.10 Å². The van der Waals surface area contributed by atoms with Crippen LogP contribution in [0, 0.1) is 0 Å². The number of H-pyrrole nitrogens is 1. The van der Waals surface area contributed by atoms with E-state index in [0.717, 1.165) is 24.1 Å². The lowest BCUT2D eigenvalue weighted by Gasteiger charge is -2.30. The third-order valence-electron chi connectivity index (χ3n) is 4.54. The van der Waals surface area contributed by atoms with Crippen molar-refractivity contribution in [3.05, 3.63) is 64.1 Å². The molecular weight excluding hydrogens is 318 g/mol. The second-order valence-electron chi connectivity index (χ2n) is 5.98. The van der Waals surface area contributed by atoms with Crippen LogP contribution in [0.15, 0.2) is 47.3 Å². The lowest BCUT2D eigenvalue weighted by molar-refractivity contribution is 0.0980. The Labute approximate surface area is 144 Å². The van der Waals surface area contributed by atoms with E-state index in [2.05, 4.69) is 10.2 Å². The number of ether oxygens (including phenoxy) is 1. The van der Waals surface area contributed by atoms with Crippen LogP contribution in [-0.2, 0) is 6.42 Å². The Bertz CT molecular complexity index is 1010. The molecule has 1 aliphatic rings. The molecule has 0 atom stereocenters. The second kappa shape index (κ2) is 6.05. The van der Waals surface area contributed by atoms with Gasteiger partial charge in [0.25, 0.3) is 11.5 Å². The molecular formula is C19H17N3O3. The van der Waals surface area contributed by atoms with E-state index >= 15 is 0 Å². The van der Waals surface area contributed by atoms with Gasteiger partial charge in [0.1, 0.15) is 5.75 Å². The van der Waals surface area contributed by atoms with E-state index in [1.54, 1.807) is 36.3 Å². The minimum Gasteiger partial charge on any atom is -0.495 e. The maximum absolute atomic E-state index is 13.2. The van der Waals surface area contributed by atoms with Crippen LogP contribution in [-0.4, -0.2) is 29.8 Å². The van der Waals surface area contributed by atoms with Gasteiger partial charge in [-0.05, 0) is 30.5 Å². The number of carbonyl (C=O) groups is 1. The van der Waals surface area contributed by atoms with Crippen molar-refractivity contribution in [1.82, 2.24) is 10.2 Å². The number of aromatic amines is 1. The molecule has 2 aromatic carbocycles. The SMILES string of the molecule is COc1cccc2c1N(C(=O)c1n[nH]c(=O)c3ccccc13)CCC2. The van der Waals surface area contributed by atoms with Crippen molar-refractivity contribution in [2.24, 2.45) is 0 Å². The fourth-order valence-corrected chi connectivity index (χ4v) is 3.39. The Hall–Kier alpha value is -3.15. The molecule has 0 aliphatic carbocycles. The number of benzene rings is 2. The van der Waals surface area contributed by atoms with Gasteiger partial charge in [-0.15, -0.1) is 0 Å². The van der Waals surface area contributed by atoms with E-state index in [0.29, 0.717) is 23.1 Å². The molecule has 1 amide bonds. The number of carbonyl (C=O) groups excluding carboxylic acids is 1. The topological polar surface area (TPSA) is 75.3 Å². The van der Waals surface area contributed by atoms with E-state index in [-0.39, 0.29) is 17.2 Å². The van der Waals surface area contributed by atoms with Gasteiger partial charge in [-0.2, -0.15) is 5.10 Å². The number of hydrogen-bond acceptors (Lipinski definition) is 4. The molecule has 1 aromatic heterocycles. The van der Waals surface area contributed by atoms with Gasteiger partial charge < -0.3 is 9.64 Å². The Morgan fingerprint density at radius 3 is 2.76 bits per heavy atom. The number of methoxy groups -OCH3 is 1. The smallest absolute Gasteiger partial charge is 0.279 e. The predicted molar refractivity (Wildman–Crippen MR) is 95.4 cm³/mol. The van der Waals surface area contributed by atoms with Crippen molar-refractivity contribution in [1.29, 1.82) is 0 Å². The zero-order valence-corrected chi connectivity index (χ0v) is 13.8. The summed E-state index contributed by atoms with van der Waals surface area (Å²) < 4.78 is 5.46. The number of fused-ring (bicyclic) bond motifs is 2. The molecule has 0 saturated heterocycles. The highest BCUT2D eigenvalue weighted by Gasteiger charge is 2.28. The molecule has 0 bridgehead atoms. The zero-order chi connectivity index (χ0) is 17.4. The quantitative estimate of drug-likeness (QED) is 0.781. The summed E-state index contributed by atoms with van der Waals surface area (Å²) in [7, 11) is 1.60. The monoisotopic (exact) mass is 335 g/mol. The molecule has 1 N–H and O–H groups in total. The first kappa shape index (κ1) is 15.4. The normalized spacial score (nSPS) is 13.6. The van der Waals surface area contributed by atoms with E-state index in [4.69, 9.17) is 4.74 Å². The molecule has 0 saturated carbocycles. The Morgan fingerprint density at radius 1 is 1.16 bits per heavy atom. The Morgan fingerprint density at radius 2 is 1.96 bits per heavy atom. The first-order valence-electron chi connectivity index (χ1n) is 8.16. The summed E-state index contributed by atoms with van der Waals surface area (Å²) in [5, 5.41) is 7.48. The lowest BCUT2D eigenvalue weighted by Crippen LogP contribution is -2.37. The summed E-state index contributed by atoms with van der Waals surface area (Å²) in [6.45, 7) is 0.585. The molecule has 25 heavy (non-hydrogen) atoms. The van der Waals surface area contributed by atoms with Gasteiger partial charge in [0.15, 0.2) is 5.69 Å². The maximum atomic E-state index is 13.2. The molecule has 1 aliphatic heterocycles. The fraction of sp³-hybridized carbons (Fsp3) is 0.211. The molecule has 6 nitrogen and oxygen atoms in total. The highest BCUT2D eigenvalue weighted by atomic mass is 16.5. The average Bonchev–Trinajstić information content (AvgIpc) is 2.67. The lowest BCUT2D eigenvalue weighted by atomic mass is 10.00. The Kier molecular flexibility index (Phi) is 3.72. The van der Waals surface area contributed by atoms with Gasteiger partial charge in [0, 0.05) is 11.9 Å². The van der Waals surface area contributed by atoms with Gasteiger partial charge in [0.05, 0.1) is 18.2 Å². The summed E-state index contributed by atoms with van der Waals surface area (Å²) in [5.74, 6) is 0.428. The van der Waals surface area contributed by atoms with Crippen molar-refractivity contribution < 1.29 is 9.53 Å². The number of hydrogen-bond donors (Lipinski definition) is 1. The van der Waals surface area contributed by atoms with Crippen LogP contribution in [0.5, 0.6) is 5.75 Å². The number of amides is 1. The molecule has 0 radical (unpaired) electrons. The number of rotatable bonds is 2. The van der Waals surface area contributed by atoms with Gasteiger partial charge >= 0.3 is 0 Å². The summed E-state index contributed by atoms with van der Waals surface area (Å²) in [6.07, 6.45) is 1.77. The summed E-state index contributed by atoms with van der Waals surface area (Å²) in [4.78, 5) is 26.9. The van der Waals surface area contributed by atoms with Crippen molar-refractivity contribution in [2.75, 3.05) is 18.6 Å². The van der Waals surface area contributed by atoms with Crippen LogP contribution < -0.4 is 15.2 Å². The first-order chi connectivity index (χ1) is 12.2. The van der Waals surface area contributed by atoms with Crippen LogP contribution >= 0.6 is 0 Å². The van der Waals surface area contributed by atoms with Gasteiger partial charge in [0.2, 0.25) is 0 Å². The van der Waals surface area contributed by atoms with Gasteiger partial charge in [-0.1, -0.05) is 30.3 Å². The average molecular weight is 335 g/mol. The van der Waals surface area contributed by atoms with E-state index in [1.807, 2.05) is 18.2 Å². The number of aromatic nitrogens is 2.